The highest BCUT2D eigenvalue weighted by atomic mass is 16.5. The lowest BCUT2D eigenvalue weighted by molar-refractivity contribution is -0.130. The standard InChI is InChI=1S/C23H26N2O5/c1-5-6-15-7-9-16(10-8-15)23(2)21(27)25(22(28)24-23)14-19(26)18-13-17(29-3)11-12-20(18)30-4/h7-13H,5-6,14H2,1-4H3,(H,24,28)/t23-/m1/s1. The summed E-state index contributed by atoms with van der Waals surface area (Å²) in [4.78, 5) is 39.5. The lowest BCUT2D eigenvalue weighted by Crippen LogP contribution is -2.41. The molecule has 30 heavy (non-hydrogen) atoms. The van der Waals surface area contributed by atoms with E-state index in [0.29, 0.717) is 17.1 Å². The number of rotatable bonds is 8. The van der Waals surface area contributed by atoms with Crippen molar-refractivity contribution in [2.24, 2.45) is 0 Å². The molecule has 7 heteroatoms. The Labute approximate surface area is 176 Å². The quantitative estimate of drug-likeness (QED) is 0.533. The van der Waals surface area contributed by atoms with Crippen LogP contribution in [0.5, 0.6) is 11.5 Å². The number of amides is 3. The second kappa shape index (κ2) is 8.57. The maximum Gasteiger partial charge on any atom is 0.325 e. The maximum absolute atomic E-state index is 13.1. The first kappa shape index (κ1) is 21.4. The third-order valence-corrected chi connectivity index (χ3v) is 5.35. The van der Waals surface area contributed by atoms with Crippen LogP contribution in [0, 0.1) is 0 Å². The summed E-state index contributed by atoms with van der Waals surface area (Å²) in [7, 11) is 2.94. The van der Waals surface area contributed by atoms with Crippen molar-refractivity contribution in [1.82, 2.24) is 10.2 Å². The molecule has 1 fully saturated rings. The number of hydrogen-bond acceptors (Lipinski definition) is 5. The Bertz CT molecular complexity index is 970. The highest BCUT2D eigenvalue weighted by Crippen LogP contribution is 2.30. The number of Topliss-reactive ketones (excluding diaryl/α,β-unsaturated/α-hetero) is 1. The number of nitrogens with zero attached hydrogens (tertiary/aromatic N) is 1. The topological polar surface area (TPSA) is 84.9 Å². The molecule has 0 bridgehead atoms. The zero-order chi connectivity index (χ0) is 21.9. The minimum atomic E-state index is -1.22. The van der Waals surface area contributed by atoms with Crippen LogP contribution < -0.4 is 14.8 Å². The molecule has 1 aliphatic rings. The van der Waals surface area contributed by atoms with Gasteiger partial charge in [-0.15, -0.1) is 0 Å². The molecule has 0 saturated carbocycles. The van der Waals surface area contributed by atoms with Gasteiger partial charge in [-0.2, -0.15) is 0 Å². The number of hydrogen-bond donors (Lipinski definition) is 1. The van der Waals surface area contributed by atoms with E-state index in [4.69, 9.17) is 9.47 Å². The van der Waals surface area contributed by atoms with Crippen LogP contribution in [0.1, 0.15) is 41.8 Å². The third kappa shape index (κ3) is 3.87. The molecule has 1 aliphatic heterocycles. The summed E-state index contributed by atoms with van der Waals surface area (Å²) in [6, 6.07) is 11.8. The second-order valence-corrected chi connectivity index (χ2v) is 7.38. The Morgan fingerprint density at radius 2 is 1.77 bits per heavy atom. The smallest absolute Gasteiger partial charge is 0.325 e. The van der Waals surface area contributed by atoms with Gasteiger partial charge in [0.2, 0.25) is 0 Å². The van der Waals surface area contributed by atoms with Crippen molar-refractivity contribution in [3.8, 4) is 11.5 Å². The van der Waals surface area contributed by atoms with E-state index in [9.17, 15) is 14.4 Å². The highest BCUT2D eigenvalue weighted by molar-refractivity contribution is 6.11. The summed E-state index contributed by atoms with van der Waals surface area (Å²) in [5.41, 5.74) is 0.865. The zero-order valence-corrected chi connectivity index (χ0v) is 17.7. The van der Waals surface area contributed by atoms with Crippen molar-refractivity contribution in [2.45, 2.75) is 32.2 Å². The molecule has 3 amide bonds. The summed E-state index contributed by atoms with van der Waals surface area (Å²) >= 11 is 0. The van der Waals surface area contributed by atoms with E-state index in [0.717, 1.165) is 17.7 Å². The maximum atomic E-state index is 13.1. The fourth-order valence-electron chi connectivity index (χ4n) is 3.59. The molecule has 1 atom stereocenters. The third-order valence-electron chi connectivity index (χ3n) is 5.35. The minimum absolute atomic E-state index is 0.245. The number of imide groups is 1. The number of ether oxygens (including phenoxy) is 2. The Morgan fingerprint density at radius 1 is 1.07 bits per heavy atom. The van der Waals surface area contributed by atoms with Crippen LogP contribution in [0.4, 0.5) is 4.79 Å². The Balaban J connectivity index is 1.84. The van der Waals surface area contributed by atoms with Gasteiger partial charge in [-0.05, 0) is 42.7 Å². The molecule has 158 valence electrons. The number of ketones is 1. The molecular weight excluding hydrogens is 384 g/mol. The van der Waals surface area contributed by atoms with Gasteiger partial charge in [0.25, 0.3) is 5.91 Å². The van der Waals surface area contributed by atoms with Crippen molar-refractivity contribution >= 4 is 17.7 Å². The second-order valence-electron chi connectivity index (χ2n) is 7.38. The van der Waals surface area contributed by atoms with E-state index in [1.54, 1.807) is 19.1 Å². The van der Waals surface area contributed by atoms with Gasteiger partial charge in [-0.1, -0.05) is 37.6 Å². The Hall–Kier alpha value is -3.35. The Morgan fingerprint density at radius 3 is 2.37 bits per heavy atom. The fourth-order valence-corrected chi connectivity index (χ4v) is 3.59. The minimum Gasteiger partial charge on any atom is -0.497 e. The van der Waals surface area contributed by atoms with Crippen molar-refractivity contribution in [1.29, 1.82) is 0 Å². The number of urea groups is 1. The molecule has 7 nitrogen and oxygen atoms in total. The van der Waals surface area contributed by atoms with Crippen molar-refractivity contribution in [3.63, 3.8) is 0 Å². The first-order valence-corrected chi connectivity index (χ1v) is 9.82. The lowest BCUT2D eigenvalue weighted by Gasteiger charge is -2.22. The van der Waals surface area contributed by atoms with Crippen LogP contribution in [-0.4, -0.2) is 43.4 Å². The van der Waals surface area contributed by atoms with Gasteiger partial charge in [0.05, 0.1) is 26.3 Å². The summed E-state index contributed by atoms with van der Waals surface area (Å²) in [6.07, 6.45) is 1.97. The van der Waals surface area contributed by atoms with Crippen molar-refractivity contribution in [3.05, 3.63) is 59.2 Å². The van der Waals surface area contributed by atoms with Crippen LogP contribution in [-0.2, 0) is 16.8 Å². The average molecular weight is 410 g/mol. The number of methoxy groups -OCH3 is 2. The first-order chi connectivity index (χ1) is 14.3. The van der Waals surface area contributed by atoms with Crippen LogP contribution in [0.3, 0.4) is 0 Å². The fraction of sp³-hybridized carbons (Fsp3) is 0.348. The van der Waals surface area contributed by atoms with Crippen molar-refractivity contribution < 1.29 is 23.9 Å². The number of benzene rings is 2. The van der Waals surface area contributed by atoms with Gasteiger partial charge < -0.3 is 14.8 Å². The monoisotopic (exact) mass is 410 g/mol. The largest absolute Gasteiger partial charge is 0.497 e. The normalized spacial score (nSPS) is 18.3. The number of carbonyl (C=O) groups excluding carboxylic acids is 3. The van der Waals surface area contributed by atoms with Crippen molar-refractivity contribution in [2.75, 3.05) is 20.8 Å². The summed E-state index contributed by atoms with van der Waals surface area (Å²) < 4.78 is 10.4. The van der Waals surface area contributed by atoms with Crippen LogP contribution >= 0.6 is 0 Å². The lowest BCUT2D eigenvalue weighted by atomic mass is 9.91. The summed E-state index contributed by atoms with van der Waals surface area (Å²) in [5, 5.41) is 2.74. The first-order valence-electron chi connectivity index (χ1n) is 9.82. The van der Waals surface area contributed by atoms with E-state index in [2.05, 4.69) is 12.2 Å². The SMILES string of the molecule is CCCc1ccc([C@@]2(C)NC(=O)N(CC(=O)c3cc(OC)ccc3OC)C2=O)cc1. The van der Waals surface area contributed by atoms with E-state index < -0.39 is 29.8 Å². The molecule has 1 heterocycles. The van der Waals surface area contributed by atoms with E-state index in [1.807, 2.05) is 24.3 Å². The van der Waals surface area contributed by atoms with Gasteiger partial charge in [-0.3, -0.25) is 14.5 Å². The molecular formula is C23H26N2O5. The number of carbonyl (C=O) groups is 3. The average Bonchev–Trinajstić information content (AvgIpc) is 2.97. The van der Waals surface area contributed by atoms with Gasteiger partial charge >= 0.3 is 6.03 Å². The van der Waals surface area contributed by atoms with Crippen LogP contribution in [0.2, 0.25) is 0 Å². The molecule has 1 saturated heterocycles. The molecule has 0 aliphatic carbocycles. The predicted molar refractivity (Wildman–Crippen MR) is 112 cm³/mol. The molecule has 2 aromatic carbocycles. The van der Waals surface area contributed by atoms with Gasteiger partial charge in [0, 0.05) is 0 Å². The summed E-state index contributed by atoms with van der Waals surface area (Å²) in [6.45, 7) is 3.36. The van der Waals surface area contributed by atoms with Gasteiger partial charge in [-0.25, -0.2) is 4.79 Å². The van der Waals surface area contributed by atoms with E-state index in [1.165, 1.54) is 25.8 Å². The number of nitrogens with one attached hydrogen (secondary N) is 1. The highest BCUT2D eigenvalue weighted by Gasteiger charge is 2.49. The number of aryl methyl sites for hydroxylation is 1. The van der Waals surface area contributed by atoms with Gasteiger partial charge in [0.15, 0.2) is 5.78 Å². The van der Waals surface area contributed by atoms with Crippen LogP contribution in [0.15, 0.2) is 42.5 Å². The van der Waals surface area contributed by atoms with Crippen LogP contribution in [0.25, 0.3) is 0 Å². The molecule has 1 N–H and O–H groups in total. The Kier molecular flexibility index (Phi) is 6.10. The van der Waals surface area contributed by atoms with E-state index >= 15 is 0 Å². The molecule has 0 radical (unpaired) electrons. The molecule has 3 rings (SSSR count). The molecule has 0 spiro atoms. The molecule has 0 aromatic heterocycles. The van der Waals surface area contributed by atoms with Gasteiger partial charge in [0.1, 0.15) is 17.0 Å². The predicted octanol–water partition coefficient (Wildman–Crippen LogP) is 3.31. The molecule has 2 aromatic rings. The molecule has 0 unspecified atom stereocenters. The van der Waals surface area contributed by atoms with E-state index in [-0.39, 0.29) is 5.56 Å². The zero-order valence-electron chi connectivity index (χ0n) is 17.7. The summed E-state index contributed by atoms with van der Waals surface area (Å²) in [5.74, 6) is -0.0572.